The van der Waals surface area contributed by atoms with E-state index >= 15 is 0 Å². The van der Waals surface area contributed by atoms with E-state index in [0.717, 1.165) is 22.4 Å². The van der Waals surface area contributed by atoms with Gasteiger partial charge in [-0.05, 0) is 47.4 Å². The lowest BCUT2D eigenvalue weighted by Crippen LogP contribution is -1.92. The Balaban J connectivity index is 2.40. The van der Waals surface area contributed by atoms with Crippen LogP contribution < -0.4 is 4.74 Å². The molecule has 0 fully saturated rings. The highest BCUT2D eigenvalue weighted by Crippen LogP contribution is 2.27. The molecule has 0 saturated heterocycles. The predicted molar refractivity (Wildman–Crippen MR) is 74.2 cm³/mol. The standard InChI is InChI=1S/C15H15ClO2/c1-18-14-4-2-3-11(10-14)12-5-6-15(16)13(9-12)7-8-17/h2-6,9-10,17H,7-8H2,1H3. The van der Waals surface area contributed by atoms with Gasteiger partial charge in [0.15, 0.2) is 0 Å². The van der Waals surface area contributed by atoms with Crippen LogP contribution in [0.15, 0.2) is 42.5 Å². The van der Waals surface area contributed by atoms with Crippen molar-refractivity contribution in [1.29, 1.82) is 0 Å². The molecule has 2 rings (SSSR count). The maximum atomic E-state index is 9.01. The highest BCUT2D eigenvalue weighted by atomic mass is 35.5. The van der Waals surface area contributed by atoms with Gasteiger partial charge in [-0.25, -0.2) is 0 Å². The van der Waals surface area contributed by atoms with Crippen molar-refractivity contribution in [3.05, 3.63) is 53.1 Å². The minimum absolute atomic E-state index is 0.0985. The van der Waals surface area contributed by atoms with Gasteiger partial charge >= 0.3 is 0 Å². The van der Waals surface area contributed by atoms with Gasteiger partial charge in [-0.15, -0.1) is 0 Å². The Morgan fingerprint density at radius 2 is 1.89 bits per heavy atom. The van der Waals surface area contributed by atoms with Crippen LogP contribution in [0.2, 0.25) is 5.02 Å². The quantitative estimate of drug-likeness (QED) is 0.913. The van der Waals surface area contributed by atoms with Crippen LogP contribution in [0.25, 0.3) is 11.1 Å². The third-order valence-corrected chi connectivity index (χ3v) is 3.20. The van der Waals surface area contributed by atoms with Gasteiger partial charge in [0.2, 0.25) is 0 Å². The van der Waals surface area contributed by atoms with Crippen LogP contribution in [0.4, 0.5) is 0 Å². The van der Waals surface area contributed by atoms with Gasteiger partial charge < -0.3 is 9.84 Å². The van der Waals surface area contributed by atoms with Gasteiger partial charge in [-0.2, -0.15) is 0 Å². The Bertz CT molecular complexity index is 538. The lowest BCUT2D eigenvalue weighted by Gasteiger charge is -2.08. The molecule has 0 bridgehead atoms. The molecular weight excluding hydrogens is 248 g/mol. The number of rotatable bonds is 4. The van der Waals surface area contributed by atoms with Crippen molar-refractivity contribution in [2.45, 2.75) is 6.42 Å². The van der Waals surface area contributed by atoms with E-state index in [9.17, 15) is 0 Å². The predicted octanol–water partition coefficient (Wildman–Crippen LogP) is 3.55. The van der Waals surface area contributed by atoms with Crippen LogP contribution in [0.1, 0.15) is 5.56 Å². The van der Waals surface area contributed by atoms with Crippen molar-refractivity contribution < 1.29 is 9.84 Å². The van der Waals surface area contributed by atoms with Gasteiger partial charge in [0.1, 0.15) is 5.75 Å². The molecule has 0 aromatic heterocycles. The van der Waals surface area contributed by atoms with E-state index in [1.165, 1.54) is 0 Å². The molecule has 2 nitrogen and oxygen atoms in total. The number of ether oxygens (including phenoxy) is 1. The highest BCUT2D eigenvalue weighted by molar-refractivity contribution is 6.31. The zero-order valence-electron chi connectivity index (χ0n) is 10.2. The van der Waals surface area contributed by atoms with E-state index in [1.54, 1.807) is 7.11 Å². The first-order valence-corrected chi connectivity index (χ1v) is 6.16. The first kappa shape index (κ1) is 12.9. The summed E-state index contributed by atoms with van der Waals surface area (Å²) >= 11 is 6.09. The summed E-state index contributed by atoms with van der Waals surface area (Å²) in [6, 6.07) is 13.7. The van der Waals surface area contributed by atoms with Crippen LogP contribution in [-0.4, -0.2) is 18.8 Å². The van der Waals surface area contributed by atoms with Crippen molar-refractivity contribution >= 4 is 11.6 Å². The average Bonchev–Trinajstić information content (AvgIpc) is 2.41. The van der Waals surface area contributed by atoms with Crippen LogP contribution in [0.5, 0.6) is 5.75 Å². The van der Waals surface area contributed by atoms with Crippen LogP contribution in [0, 0.1) is 0 Å². The number of aliphatic hydroxyl groups excluding tert-OH is 1. The summed E-state index contributed by atoms with van der Waals surface area (Å²) in [6.07, 6.45) is 0.566. The van der Waals surface area contributed by atoms with E-state index in [-0.39, 0.29) is 6.61 Å². The normalized spacial score (nSPS) is 10.4. The summed E-state index contributed by atoms with van der Waals surface area (Å²) in [5.41, 5.74) is 3.10. The molecule has 0 amide bonds. The molecule has 0 aliphatic carbocycles. The Morgan fingerprint density at radius 1 is 1.11 bits per heavy atom. The molecule has 2 aromatic rings. The molecule has 0 radical (unpaired) electrons. The molecule has 0 aliphatic heterocycles. The molecule has 18 heavy (non-hydrogen) atoms. The lowest BCUT2D eigenvalue weighted by atomic mass is 10.0. The summed E-state index contributed by atoms with van der Waals surface area (Å²) < 4.78 is 5.21. The number of hydrogen-bond acceptors (Lipinski definition) is 2. The molecule has 0 heterocycles. The molecule has 0 spiro atoms. The number of halogens is 1. The fourth-order valence-corrected chi connectivity index (χ4v) is 2.08. The van der Waals surface area contributed by atoms with E-state index in [1.807, 2.05) is 42.5 Å². The van der Waals surface area contributed by atoms with Crippen molar-refractivity contribution in [1.82, 2.24) is 0 Å². The molecule has 0 atom stereocenters. The highest BCUT2D eigenvalue weighted by Gasteiger charge is 2.04. The molecule has 94 valence electrons. The molecule has 1 N–H and O–H groups in total. The van der Waals surface area contributed by atoms with E-state index in [0.29, 0.717) is 11.4 Å². The van der Waals surface area contributed by atoms with Crippen LogP contribution in [-0.2, 0) is 6.42 Å². The van der Waals surface area contributed by atoms with Crippen molar-refractivity contribution in [3.63, 3.8) is 0 Å². The molecule has 0 aliphatic rings. The second-order valence-corrected chi connectivity index (χ2v) is 4.42. The van der Waals surface area contributed by atoms with Gasteiger partial charge in [0.25, 0.3) is 0 Å². The number of methoxy groups -OCH3 is 1. The van der Waals surface area contributed by atoms with Crippen molar-refractivity contribution in [2.75, 3.05) is 13.7 Å². The number of hydrogen-bond donors (Lipinski definition) is 1. The van der Waals surface area contributed by atoms with E-state index in [2.05, 4.69) is 0 Å². The average molecular weight is 263 g/mol. The van der Waals surface area contributed by atoms with E-state index in [4.69, 9.17) is 21.4 Å². The number of benzene rings is 2. The minimum atomic E-state index is 0.0985. The van der Waals surface area contributed by atoms with Crippen LogP contribution in [0.3, 0.4) is 0 Å². The number of aliphatic hydroxyl groups is 1. The first-order valence-electron chi connectivity index (χ1n) is 5.78. The molecule has 0 unspecified atom stereocenters. The second kappa shape index (κ2) is 5.89. The molecule has 0 saturated carbocycles. The van der Waals surface area contributed by atoms with Crippen molar-refractivity contribution in [3.8, 4) is 16.9 Å². The fraction of sp³-hybridized carbons (Fsp3) is 0.200. The summed E-state index contributed by atoms with van der Waals surface area (Å²) in [7, 11) is 1.65. The van der Waals surface area contributed by atoms with Gasteiger partial charge in [0, 0.05) is 11.6 Å². The smallest absolute Gasteiger partial charge is 0.119 e. The lowest BCUT2D eigenvalue weighted by molar-refractivity contribution is 0.299. The van der Waals surface area contributed by atoms with Crippen molar-refractivity contribution in [2.24, 2.45) is 0 Å². The molecule has 2 aromatic carbocycles. The van der Waals surface area contributed by atoms with Gasteiger partial charge in [-0.1, -0.05) is 29.8 Å². The zero-order valence-corrected chi connectivity index (χ0v) is 10.9. The maximum Gasteiger partial charge on any atom is 0.119 e. The topological polar surface area (TPSA) is 29.5 Å². The largest absolute Gasteiger partial charge is 0.497 e. The Hall–Kier alpha value is -1.51. The Kier molecular flexibility index (Phi) is 4.24. The summed E-state index contributed by atoms with van der Waals surface area (Å²) in [4.78, 5) is 0. The first-order chi connectivity index (χ1) is 8.74. The van der Waals surface area contributed by atoms with E-state index < -0.39 is 0 Å². The third-order valence-electron chi connectivity index (χ3n) is 2.83. The Labute approximate surface area is 112 Å². The zero-order chi connectivity index (χ0) is 13.0. The third kappa shape index (κ3) is 2.84. The molecular formula is C15H15ClO2. The van der Waals surface area contributed by atoms with Gasteiger partial charge in [0.05, 0.1) is 7.11 Å². The molecule has 3 heteroatoms. The summed E-state index contributed by atoms with van der Waals surface area (Å²) in [6.45, 7) is 0.0985. The van der Waals surface area contributed by atoms with Gasteiger partial charge in [-0.3, -0.25) is 0 Å². The second-order valence-electron chi connectivity index (χ2n) is 4.01. The maximum absolute atomic E-state index is 9.01. The summed E-state index contributed by atoms with van der Waals surface area (Å²) in [5.74, 6) is 0.825. The van der Waals surface area contributed by atoms with Crippen LogP contribution >= 0.6 is 11.6 Å². The monoisotopic (exact) mass is 262 g/mol. The SMILES string of the molecule is COc1cccc(-c2ccc(Cl)c(CCO)c2)c1. The Morgan fingerprint density at radius 3 is 2.61 bits per heavy atom. The minimum Gasteiger partial charge on any atom is -0.497 e. The summed E-state index contributed by atoms with van der Waals surface area (Å²) in [5, 5.41) is 9.70. The fourth-order valence-electron chi connectivity index (χ4n) is 1.87.